The third-order valence-corrected chi connectivity index (χ3v) is 8.80. The SMILES string of the molecule is O=C(C(=O)C(F)(F)F)C(F)(F)F.O=C(CCNCCc1ccccc1F)N(CCNCCc1ccc(O)c2[nH]c(=O)sc12)C1CCCCC1. The number of amides is 1. The fourth-order valence-corrected chi connectivity index (χ4v) is 6.26. The molecular formula is C32H37F7N4O5S. The van der Waals surface area contributed by atoms with Gasteiger partial charge in [0, 0.05) is 32.1 Å². The lowest BCUT2D eigenvalue weighted by atomic mass is 9.94. The second-order valence-electron chi connectivity index (χ2n) is 11.3. The minimum Gasteiger partial charge on any atom is -0.506 e. The number of phenolic OH excluding ortho intramolecular Hbond substituents is 1. The van der Waals surface area contributed by atoms with E-state index >= 15 is 0 Å². The van der Waals surface area contributed by atoms with E-state index in [1.807, 2.05) is 12.1 Å². The van der Waals surface area contributed by atoms with E-state index in [9.17, 15) is 55.0 Å². The lowest BCUT2D eigenvalue weighted by Gasteiger charge is -2.34. The first-order valence-corrected chi connectivity index (χ1v) is 16.4. The van der Waals surface area contributed by atoms with Crippen LogP contribution in [0.15, 0.2) is 41.2 Å². The van der Waals surface area contributed by atoms with E-state index in [1.54, 1.807) is 18.2 Å². The molecule has 0 spiro atoms. The van der Waals surface area contributed by atoms with E-state index in [0.717, 1.165) is 47.4 Å². The molecule has 1 amide bonds. The Hall–Kier alpha value is -3.83. The summed E-state index contributed by atoms with van der Waals surface area (Å²) >= 11 is 1.12. The molecular weight excluding hydrogens is 685 g/mol. The number of hydrogen-bond donors (Lipinski definition) is 4. The number of rotatable bonds is 14. The summed E-state index contributed by atoms with van der Waals surface area (Å²) in [5.74, 6) is -6.74. The van der Waals surface area contributed by atoms with Crippen LogP contribution in [0.1, 0.15) is 49.7 Å². The number of carbonyl (C=O) groups excluding carboxylic acids is 3. The molecule has 0 aliphatic heterocycles. The summed E-state index contributed by atoms with van der Waals surface area (Å²) in [5.41, 5.74) is 2.21. The Balaban J connectivity index is 0.000000463. The highest BCUT2D eigenvalue weighted by atomic mass is 32.1. The van der Waals surface area contributed by atoms with Gasteiger partial charge in [-0.25, -0.2) is 4.39 Å². The van der Waals surface area contributed by atoms with Crippen molar-refractivity contribution in [3.63, 3.8) is 0 Å². The average molecular weight is 723 g/mol. The molecule has 1 fully saturated rings. The number of benzene rings is 2. The normalized spacial score (nSPS) is 13.9. The molecule has 1 saturated carbocycles. The van der Waals surface area contributed by atoms with Gasteiger partial charge in [0.25, 0.3) is 0 Å². The first-order chi connectivity index (χ1) is 23.1. The van der Waals surface area contributed by atoms with E-state index in [1.165, 1.54) is 25.3 Å². The van der Waals surface area contributed by atoms with E-state index < -0.39 is 23.9 Å². The van der Waals surface area contributed by atoms with E-state index in [2.05, 4.69) is 20.5 Å². The third-order valence-electron chi connectivity index (χ3n) is 7.84. The average Bonchev–Trinajstić information content (AvgIpc) is 3.46. The zero-order valence-electron chi connectivity index (χ0n) is 26.3. The lowest BCUT2D eigenvalue weighted by molar-refractivity contribution is -0.193. The van der Waals surface area contributed by atoms with Crippen molar-refractivity contribution in [3.05, 3.63) is 63.0 Å². The van der Waals surface area contributed by atoms with Gasteiger partial charge >= 0.3 is 28.8 Å². The number of thiazole rings is 1. The van der Waals surface area contributed by atoms with Crippen LogP contribution in [0.3, 0.4) is 0 Å². The summed E-state index contributed by atoms with van der Waals surface area (Å²) in [6.45, 7) is 3.31. The highest BCUT2D eigenvalue weighted by Crippen LogP contribution is 2.28. The highest BCUT2D eigenvalue weighted by molar-refractivity contribution is 7.16. The van der Waals surface area contributed by atoms with Crippen LogP contribution < -0.4 is 15.5 Å². The topological polar surface area (TPSA) is 132 Å². The summed E-state index contributed by atoms with van der Waals surface area (Å²) in [5, 5.41) is 16.7. The smallest absolute Gasteiger partial charge is 0.458 e. The van der Waals surface area contributed by atoms with Crippen LogP contribution in [0.25, 0.3) is 10.2 Å². The van der Waals surface area contributed by atoms with Gasteiger partial charge in [0.15, 0.2) is 0 Å². The molecule has 1 aliphatic rings. The maximum Gasteiger partial charge on any atom is 0.458 e. The number of nitrogens with zero attached hydrogens (tertiary/aromatic N) is 1. The third kappa shape index (κ3) is 12.2. The van der Waals surface area contributed by atoms with Crippen molar-refractivity contribution in [1.82, 2.24) is 20.5 Å². The Kier molecular flexibility index (Phi) is 14.7. The second-order valence-corrected chi connectivity index (χ2v) is 12.3. The molecule has 0 atom stereocenters. The predicted molar refractivity (Wildman–Crippen MR) is 169 cm³/mol. The van der Waals surface area contributed by atoms with E-state index in [0.29, 0.717) is 56.1 Å². The van der Waals surface area contributed by atoms with Crippen molar-refractivity contribution < 1.29 is 50.2 Å². The number of alkyl halides is 6. The number of Topliss-reactive ketones (excluding diaryl/α,β-unsaturated/α-hetero) is 2. The summed E-state index contributed by atoms with van der Waals surface area (Å²) in [4.78, 5) is 48.7. The minimum absolute atomic E-state index is 0.0911. The molecule has 4 N–H and O–H groups in total. The van der Waals surface area contributed by atoms with Crippen LogP contribution in [0.4, 0.5) is 30.7 Å². The molecule has 2 aromatic carbocycles. The van der Waals surface area contributed by atoms with Crippen molar-refractivity contribution in [2.24, 2.45) is 0 Å². The van der Waals surface area contributed by atoms with Gasteiger partial charge in [0.1, 0.15) is 17.1 Å². The first-order valence-electron chi connectivity index (χ1n) is 15.6. The molecule has 270 valence electrons. The standard InChI is InChI=1S/C28H37FN4O3S.C4F6O2/c29-23-9-5-4-6-20(23)12-15-30-17-14-25(35)33(22-7-2-1-3-8-22)19-18-31-16-13-21-10-11-24(34)26-27(21)37-28(36)32-26;5-3(6,7)1(11)2(12)4(8,9)10/h4-6,9-11,22,30-31,34H,1-3,7-8,12-19H2,(H,32,36);. The van der Waals surface area contributed by atoms with Crippen molar-refractivity contribution in [1.29, 1.82) is 0 Å². The largest absolute Gasteiger partial charge is 0.506 e. The summed E-state index contributed by atoms with van der Waals surface area (Å²) in [6.07, 6.45) is -4.09. The van der Waals surface area contributed by atoms with Gasteiger partial charge in [0.05, 0.1) is 4.70 Å². The summed E-state index contributed by atoms with van der Waals surface area (Å²) < 4.78 is 81.5. The fourth-order valence-electron chi connectivity index (χ4n) is 5.37. The maximum absolute atomic E-state index is 13.8. The number of halogens is 7. The fraction of sp³-hybridized carbons (Fsp3) is 0.500. The Morgan fingerprint density at radius 3 is 2.04 bits per heavy atom. The van der Waals surface area contributed by atoms with Gasteiger partial charge in [0.2, 0.25) is 5.91 Å². The van der Waals surface area contributed by atoms with Crippen molar-refractivity contribution >= 4 is 39.0 Å². The number of carbonyl (C=O) groups is 3. The monoisotopic (exact) mass is 722 g/mol. The highest BCUT2D eigenvalue weighted by Gasteiger charge is 2.54. The maximum atomic E-state index is 13.8. The molecule has 1 aliphatic carbocycles. The van der Waals surface area contributed by atoms with Gasteiger partial charge in [-0.15, -0.1) is 0 Å². The van der Waals surface area contributed by atoms with Crippen LogP contribution in [0.5, 0.6) is 5.75 Å². The van der Waals surface area contributed by atoms with Gasteiger partial charge in [-0.2, -0.15) is 26.3 Å². The molecule has 3 aromatic rings. The van der Waals surface area contributed by atoms with Crippen molar-refractivity contribution in [2.45, 2.75) is 69.8 Å². The number of aromatic amines is 1. The molecule has 17 heteroatoms. The van der Waals surface area contributed by atoms with Crippen molar-refractivity contribution in [3.8, 4) is 5.75 Å². The molecule has 0 unspecified atom stereocenters. The molecule has 1 heterocycles. The number of aromatic hydroxyl groups is 1. The Labute approximate surface area is 280 Å². The number of phenols is 1. The Morgan fingerprint density at radius 1 is 0.837 bits per heavy atom. The number of fused-ring (bicyclic) bond motifs is 1. The Bertz CT molecular complexity index is 1590. The molecule has 0 saturated heterocycles. The molecule has 4 rings (SSSR count). The molecule has 49 heavy (non-hydrogen) atoms. The van der Waals surface area contributed by atoms with Crippen LogP contribution in [0, 0.1) is 5.82 Å². The van der Waals surface area contributed by atoms with Gasteiger partial charge in [-0.1, -0.05) is 54.9 Å². The van der Waals surface area contributed by atoms with Gasteiger partial charge in [-0.05, 0) is 62.0 Å². The lowest BCUT2D eigenvalue weighted by Crippen LogP contribution is -2.45. The summed E-state index contributed by atoms with van der Waals surface area (Å²) in [7, 11) is 0. The quantitative estimate of drug-likeness (QED) is 0.102. The van der Waals surface area contributed by atoms with Crippen molar-refractivity contribution in [2.75, 3.05) is 32.7 Å². The van der Waals surface area contributed by atoms with Crippen LogP contribution in [0.2, 0.25) is 0 Å². The Morgan fingerprint density at radius 2 is 1.43 bits per heavy atom. The predicted octanol–water partition coefficient (Wildman–Crippen LogP) is 5.20. The molecule has 1 aromatic heterocycles. The molecule has 0 bridgehead atoms. The number of hydrogen-bond acceptors (Lipinski definition) is 8. The number of H-pyrrole nitrogens is 1. The van der Waals surface area contributed by atoms with Crippen LogP contribution in [-0.4, -0.2) is 83.6 Å². The number of ketones is 2. The number of nitrogens with one attached hydrogen (secondary N) is 3. The van der Waals surface area contributed by atoms with Gasteiger partial charge < -0.3 is 25.6 Å². The first kappa shape index (κ1) is 39.6. The minimum atomic E-state index is -5.77. The second kappa shape index (κ2) is 18.2. The summed E-state index contributed by atoms with van der Waals surface area (Å²) in [6, 6.07) is 10.6. The van der Waals surface area contributed by atoms with Crippen LogP contribution in [-0.2, 0) is 27.2 Å². The van der Waals surface area contributed by atoms with E-state index in [-0.39, 0.29) is 22.3 Å². The van der Waals surface area contributed by atoms with Crippen LogP contribution >= 0.6 is 11.3 Å². The molecule has 9 nitrogen and oxygen atoms in total. The van der Waals surface area contributed by atoms with E-state index in [4.69, 9.17) is 0 Å². The van der Waals surface area contributed by atoms with Gasteiger partial charge in [-0.3, -0.25) is 19.2 Å². The molecule has 0 radical (unpaired) electrons. The zero-order chi connectivity index (χ0) is 36.2. The zero-order valence-corrected chi connectivity index (χ0v) is 27.1. The number of aromatic nitrogens is 1.